The van der Waals surface area contributed by atoms with Gasteiger partial charge in [-0.25, -0.2) is 0 Å². The normalized spacial score (nSPS) is 12.3. The minimum absolute atomic E-state index is 0.434. The summed E-state index contributed by atoms with van der Waals surface area (Å²) in [4.78, 5) is 5.67. The maximum absolute atomic E-state index is 4.38. The third-order valence-electron chi connectivity index (χ3n) is 2.85. The van der Waals surface area contributed by atoms with Crippen molar-refractivity contribution in [1.82, 2.24) is 10.3 Å². The predicted octanol–water partition coefficient (Wildman–Crippen LogP) is 3.77. The summed E-state index contributed by atoms with van der Waals surface area (Å²) in [6, 6.07) is 14.9. The van der Waals surface area contributed by atoms with Gasteiger partial charge in [-0.2, -0.15) is 0 Å². The first kappa shape index (κ1) is 14.6. The highest BCUT2D eigenvalue weighted by atomic mass is 79.9. The van der Waals surface area contributed by atoms with Crippen LogP contribution in [0.4, 0.5) is 0 Å². The maximum Gasteiger partial charge on any atom is 0.0419 e. The molecule has 2 aromatic rings. The predicted molar refractivity (Wildman–Crippen MR) is 85.7 cm³/mol. The first-order chi connectivity index (χ1) is 9.28. The van der Waals surface area contributed by atoms with Crippen LogP contribution in [-0.4, -0.2) is 23.8 Å². The van der Waals surface area contributed by atoms with E-state index in [1.165, 1.54) is 4.90 Å². The van der Waals surface area contributed by atoms with E-state index in [2.05, 4.69) is 56.6 Å². The Morgan fingerprint density at radius 3 is 2.63 bits per heavy atom. The minimum atomic E-state index is 0.434. The molecule has 2 nitrogen and oxygen atoms in total. The summed E-state index contributed by atoms with van der Waals surface area (Å²) in [5.41, 5.74) is 1.14. The zero-order valence-electron chi connectivity index (χ0n) is 10.8. The van der Waals surface area contributed by atoms with Gasteiger partial charge in [-0.05, 0) is 43.4 Å². The number of nitrogens with zero attached hydrogens (tertiary/aromatic N) is 1. The molecule has 0 aliphatic rings. The Kier molecular flexibility index (Phi) is 5.89. The Morgan fingerprint density at radius 1 is 1.21 bits per heavy atom. The summed E-state index contributed by atoms with van der Waals surface area (Å²) in [5.74, 6) is 1.04. The molecule has 100 valence electrons. The second kappa shape index (κ2) is 7.68. The Labute approximate surface area is 127 Å². The number of aromatic nitrogens is 1. The molecule has 1 aromatic carbocycles. The molecule has 0 saturated carbocycles. The van der Waals surface area contributed by atoms with Gasteiger partial charge < -0.3 is 5.32 Å². The zero-order chi connectivity index (χ0) is 13.5. The van der Waals surface area contributed by atoms with Crippen molar-refractivity contribution in [3.8, 4) is 0 Å². The van der Waals surface area contributed by atoms with E-state index in [9.17, 15) is 0 Å². The van der Waals surface area contributed by atoms with E-state index in [-0.39, 0.29) is 0 Å². The third-order valence-corrected chi connectivity index (χ3v) is 4.56. The molecule has 19 heavy (non-hydrogen) atoms. The smallest absolute Gasteiger partial charge is 0.0419 e. The van der Waals surface area contributed by atoms with Gasteiger partial charge in [0.2, 0.25) is 0 Å². The van der Waals surface area contributed by atoms with E-state index in [0.717, 1.165) is 22.3 Å². The van der Waals surface area contributed by atoms with Crippen LogP contribution in [0.25, 0.3) is 0 Å². The van der Waals surface area contributed by atoms with Gasteiger partial charge in [-0.3, -0.25) is 4.98 Å². The third kappa shape index (κ3) is 4.97. The lowest BCUT2D eigenvalue weighted by atomic mass is 10.2. The summed E-state index contributed by atoms with van der Waals surface area (Å²) in [7, 11) is 2.01. The molecule has 1 heterocycles. The van der Waals surface area contributed by atoms with Gasteiger partial charge in [-0.1, -0.05) is 22.0 Å². The van der Waals surface area contributed by atoms with Crippen molar-refractivity contribution in [3.63, 3.8) is 0 Å². The topological polar surface area (TPSA) is 24.9 Å². The van der Waals surface area contributed by atoms with Gasteiger partial charge in [0.05, 0.1) is 0 Å². The van der Waals surface area contributed by atoms with Crippen LogP contribution >= 0.6 is 27.7 Å². The molecule has 0 saturated heterocycles. The molecule has 0 aliphatic heterocycles. The Balaban J connectivity index is 1.87. The molecule has 0 radical (unpaired) electrons. The maximum atomic E-state index is 4.38. The molecule has 1 N–H and O–H groups in total. The highest BCUT2D eigenvalue weighted by Gasteiger charge is 2.08. The van der Waals surface area contributed by atoms with E-state index < -0.39 is 0 Å². The first-order valence-electron chi connectivity index (χ1n) is 6.23. The fraction of sp³-hybridized carbons (Fsp3) is 0.267. The van der Waals surface area contributed by atoms with Gasteiger partial charge in [-0.15, -0.1) is 11.8 Å². The van der Waals surface area contributed by atoms with Crippen LogP contribution in [0.3, 0.4) is 0 Å². The van der Waals surface area contributed by atoms with Gasteiger partial charge in [0.15, 0.2) is 0 Å². The number of thioether (sulfide) groups is 1. The quantitative estimate of drug-likeness (QED) is 0.813. The Bertz CT molecular complexity index is 487. The molecule has 0 bridgehead atoms. The van der Waals surface area contributed by atoms with E-state index >= 15 is 0 Å². The number of likely N-dealkylation sites (N-methyl/N-ethyl adjacent to an activating group) is 1. The molecule has 4 heteroatoms. The van der Waals surface area contributed by atoms with Gasteiger partial charge >= 0.3 is 0 Å². The molecule has 1 atom stereocenters. The molecule has 0 amide bonds. The summed E-state index contributed by atoms with van der Waals surface area (Å²) >= 11 is 5.32. The average Bonchev–Trinajstić information content (AvgIpc) is 2.46. The van der Waals surface area contributed by atoms with Crippen molar-refractivity contribution in [2.45, 2.75) is 17.4 Å². The van der Waals surface area contributed by atoms with Crippen molar-refractivity contribution in [3.05, 3.63) is 58.8 Å². The van der Waals surface area contributed by atoms with Crippen LogP contribution in [0.5, 0.6) is 0 Å². The minimum Gasteiger partial charge on any atom is -0.316 e. The van der Waals surface area contributed by atoms with Gasteiger partial charge in [0, 0.05) is 39.5 Å². The number of rotatable bonds is 6. The lowest BCUT2D eigenvalue weighted by Gasteiger charge is -2.15. The van der Waals surface area contributed by atoms with Crippen LogP contribution in [0.1, 0.15) is 5.69 Å². The number of nitrogens with one attached hydrogen (secondary N) is 1. The standard InChI is InChI=1S/C15H17BrN2S/c1-17-14(10-13-4-2-3-9-18-13)11-19-15-7-5-12(16)6-8-15/h2-9,14,17H,10-11H2,1H3. The number of benzene rings is 1. The highest BCUT2D eigenvalue weighted by molar-refractivity contribution is 9.10. The van der Waals surface area contributed by atoms with Crippen molar-refractivity contribution in [2.24, 2.45) is 0 Å². The van der Waals surface area contributed by atoms with Crippen molar-refractivity contribution < 1.29 is 0 Å². The number of pyridine rings is 1. The average molecular weight is 337 g/mol. The van der Waals surface area contributed by atoms with E-state index in [0.29, 0.717) is 6.04 Å². The molecular weight excluding hydrogens is 320 g/mol. The molecule has 0 aliphatic carbocycles. The number of halogens is 1. The van der Waals surface area contributed by atoms with E-state index in [1.807, 2.05) is 37.1 Å². The summed E-state index contributed by atoms with van der Waals surface area (Å²) in [6.07, 6.45) is 2.81. The number of hydrogen-bond acceptors (Lipinski definition) is 3. The van der Waals surface area contributed by atoms with Crippen LogP contribution in [0.15, 0.2) is 58.0 Å². The second-order valence-corrected chi connectivity index (χ2v) is 6.28. The molecule has 0 fully saturated rings. The molecule has 0 spiro atoms. The lowest BCUT2D eigenvalue weighted by Crippen LogP contribution is -2.30. The fourth-order valence-electron chi connectivity index (χ4n) is 1.74. The van der Waals surface area contributed by atoms with Gasteiger partial charge in [0.1, 0.15) is 0 Å². The van der Waals surface area contributed by atoms with Crippen molar-refractivity contribution in [1.29, 1.82) is 0 Å². The summed E-state index contributed by atoms with van der Waals surface area (Å²) in [5, 5.41) is 3.36. The Morgan fingerprint density at radius 2 is 2.00 bits per heavy atom. The first-order valence-corrected chi connectivity index (χ1v) is 8.01. The molecular formula is C15H17BrN2S. The van der Waals surface area contributed by atoms with Crippen LogP contribution in [0.2, 0.25) is 0 Å². The van der Waals surface area contributed by atoms with Crippen LogP contribution < -0.4 is 5.32 Å². The van der Waals surface area contributed by atoms with Crippen molar-refractivity contribution in [2.75, 3.05) is 12.8 Å². The SMILES string of the molecule is CNC(CSc1ccc(Br)cc1)Cc1ccccn1. The molecule has 1 aromatic heterocycles. The van der Waals surface area contributed by atoms with Gasteiger partial charge in [0.25, 0.3) is 0 Å². The lowest BCUT2D eigenvalue weighted by molar-refractivity contribution is 0.609. The van der Waals surface area contributed by atoms with Crippen LogP contribution in [0, 0.1) is 0 Å². The zero-order valence-corrected chi connectivity index (χ0v) is 13.2. The van der Waals surface area contributed by atoms with Crippen molar-refractivity contribution >= 4 is 27.7 Å². The Hall–Kier alpha value is -0.840. The van der Waals surface area contributed by atoms with E-state index in [1.54, 1.807) is 0 Å². The number of hydrogen-bond donors (Lipinski definition) is 1. The second-order valence-electron chi connectivity index (χ2n) is 4.28. The largest absolute Gasteiger partial charge is 0.316 e. The fourth-order valence-corrected chi connectivity index (χ4v) is 3.01. The summed E-state index contributed by atoms with van der Waals surface area (Å²) < 4.78 is 1.12. The van der Waals surface area contributed by atoms with Crippen LogP contribution in [-0.2, 0) is 6.42 Å². The highest BCUT2D eigenvalue weighted by Crippen LogP contribution is 2.21. The monoisotopic (exact) mass is 336 g/mol. The molecule has 1 unspecified atom stereocenters. The molecule has 2 rings (SSSR count). The summed E-state index contributed by atoms with van der Waals surface area (Å²) in [6.45, 7) is 0. The van der Waals surface area contributed by atoms with E-state index in [4.69, 9.17) is 0 Å².